The standard InChI is InChI=1S/C20H12N6O4/c27-18-13-3-1-11(16-9-23-25-24-16)6-14(13)19(28)26(18)17-4-2-10(5-15(17)20(29)30)12-7-21-22-8-12/h1-9H,(H,21,22)(H,29,30)(H,23,24,25). The van der Waals surface area contributed by atoms with E-state index in [-0.39, 0.29) is 22.4 Å². The lowest BCUT2D eigenvalue weighted by molar-refractivity contribution is 0.0698. The van der Waals surface area contributed by atoms with Crippen molar-refractivity contribution in [3.63, 3.8) is 0 Å². The minimum Gasteiger partial charge on any atom is -0.478 e. The number of aromatic nitrogens is 5. The van der Waals surface area contributed by atoms with Crippen LogP contribution in [0, 0.1) is 0 Å². The van der Waals surface area contributed by atoms with Crippen LogP contribution in [-0.2, 0) is 0 Å². The Morgan fingerprint density at radius 3 is 2.40 bits per heavy atom. The van der Waals surface area contributed by atoms with E-state index in [1.54, 1.807) is 30.6 Å². The van der Waals surface area contributed by atoms with Crippen LogP contribution in [0.4, 0.5) is 5.69 Å². The van der Waals surface area contributed by atoms with E-state index in [1.807, 2.05) is 0 Å². The monoisotopic (exact) mass is 400 g/mol. The lowest BCUT2D eigenvalue weighted by atomic mass is 10.0. The molecule has 2 aromatic carbocycles. The molecule has 0 atom stereocenters. The van der Waals surface area contributed by atoms with Crippen LogP contribution in [0.2, 0.25) is 0 Å². The molecule has 5 rings (SSSR count). The van der Waals surface area contributed by atoms with Crippen LogP contribution in [0.1, 0.15) is 31.1 Å². The van der Waals surface area contributed by atoms with Gasteiger partial charge >= 0.3 is 5.97 Å². The van der Waals surface area contributed by atoms with Gasteiger partial charge in [0, 0.05) is 17.3 Å². The van der Waals surface area contributed by atoms with E-state index in [2.05, 4.69) is 25.6 Å². The fourth-order valence-electron chi connectivity index (χ4n) is 3.45. The Bertz CT molecular complexity index is 1310. The zero-order chi connectivity index (χ0) is 20.8. The maximum atomic E-state index is 13.1. The Hall–Kier alpha value is -4.60. The molecule has 2 amide bonds. The molecule has 0 saturated heterocycles. The van der Waals surface area contributed by atoms with Gasteiger partial charge < -0.3 is 5.11 Å². The molecule has 10 heteroatoms. The van der Waals surface area contributed by atoms with Crippen molar-refractivity contribution in [2.24, 2.45) is 0 Å². The van der Waals surface area contributed by atoms with Crippen molar-refractivity contribution in [2.75, 3.05) is 4.90 Å². The van der Waals surface area contributed by atoms with E-state index in [0.717, 1.165) is 4.90 Å². The van der Waals surface area contributed by atoms with Gasteiger partial charge in [-0.1, -0.05) is 12.1 Å². The number of carboxylic acids is 1. The summed E-state index contributed by atoms with van der Waals surface area (Å²) < 4.78 is 0. The molecule has 4 aromatic rings. The zero-order valence-electron chi connectivity index (χ0n) is 15.2. The third-order valence-electron chi connectivity index (χ3n) is 4.90. The number of anilines is 1. The number of aromatic carboxylic acids is 1. The van der Waals surface area contributed by atoms with Crippen molar-refractivity contribution >= 4 is 23.5 Å². The highest BCUT2D eigenvalue weighted by Gasteiger charge is 2.38. The number of fused-ring (bicyclic) bond motifs is 1. The van der Waals surface area contributed by atoms with Crippen molar-refractivity contribution < 1.29 is 19.5 Å². The van der Waals surface area contributed by atoms with Gasteiger partial charge in [0.2, 0.25) is 0 Å². The highest BCUT2D eigenvalue weighted by Crippen LogP contribution is 2.34. The lowest BCUT2D eigenvalue weighted by Crippen LogP contribution is -2.31. The SMILES string of the molecule is O=C(O)c1cc(-c2cn[nH]c2)ccc1N1C(=O)c2ccc(-c3cn[nH]n3)cc2C1=O. The maximum Gasteiger partial charge on any atom is 0.337 e. The van der Waals surface area contributed by atoms with E-state index in [9.17, 15) is 19.5 Å². The first-order valence-corrected chi connectivity index (χ1v) is 8.80. The maximum absolute atomic E-state index is 13.1. The molecule has 0 fully saturated rings. The van der Waals surface area contributed by atoms with Gasteiger partial charge in [0.1, 0.15) is 5.69 Å². The number of H-pyrrole nitrogens is 2. The van der Waals surface area contributed by atoms with Crippen molar-refractivity contribution in [3.05, 3.63) is 71.7 Å². The molecule has 0 aliphatic carbocycles. The van der Waals surface area contributed by atoms with Gasteiger partial charge in [0.25, 0.3) is 11.8 Å². The number of carbonyl (C=O) groups excluding carboxylic acids is 2. The Balaban J connectivity index is 1.60. The van der Waals surface area contributed by atoms with E-state index in [1.165, 1.54) is 24.4 Å². The molecule has 10 nitrogen and oxygen atoms in total. The number of amides is 2. The third kappa shape index (κ3) is 2.58. The first kappa shape index (κ1) is 17.5. The van der Waals surface area contributed by atoms with Crippen LogP contribution in [-0.4, -0.2) is 48.5 Å². The number of imide groups is 1. The summed E-state index contributed by atoms with van der Waals surface area (Å²) in [4.78, 5) is 38.8. The summed E-state index contributed by atoms with van der Waals surface area (Å²) in [5.74, 6) is -2.44. The molecule has 30 heavy (non-hydrogen) atoms. The second kappa shape index (κ2) is 6.48. The molecule has 1 aliphatic rings. The summed E-state index contributed by atoms with van der Waals surface area (Å²) in [6.45, 7) is 0. The summed E-state index contributed by atoms with van der Waals surface area (Å²) in [6, 6.07) is 9.23. The van der Waals surface area contributed by atoms with Crippen molar-refractivity contribution in [3.8, 4) is 22.4 Å². The zero-order valence-corrected chi connectivity index (χ0v) is 15.2. The molecular formula is C20H12N6O4. The van der Waals surface area contributed by atoms with Crippen LogP contribution < -0.4 is 4.90 Å². The van der Waals surface area contributed by atoms with Crippen LogP contribution in [0.15, 0.2) is 55.0 Å². The number of hydrogen-bond donors (Lipinski definition) is 3. The molecule has 0 saturated carbocycles. The number of benzene rings is 2. The van der Waals surface area contributed by atoms with Crippen molar-refractivity contribution in [1.82, 2.24) is 25.6 Å². The number of hydrogen-bond acceptors (Lipinski definition) is 6. The molecule has 0 spiro atoms. The Labute approximate surface area is 168 Å². The van der Waals surface area contributed by atoms with Gasteiger partial charge in [0.05, 0.1) is 34.8 Å². The average Bonchev–Trinajstić information content (AvgIpc) is 3.50. The fourth-order valence-corrected chi connectivity index (χ4v) is 3.45. The van der Waals surface area contributed by atoms with Gasteiger partial charge in [0.15, 0.2) is 0 Å². The van der Waals surface area contributed by atoms with Crippen LogP contribution in [0.5, 0.6) is 0 Å². The summed E-state index contributed by atoms with van der Waals surface area (Å²) in [6.07, 6.45) is 4.67. The second-order valence-corrected chi connectivity index (χ2v) is 6.59. The van der Waals surface area contributed by atoms with Gasteiger partial charge in [-0.3, -0.25) is 14.7 Å². The molecule has 0 radical (unpaired) electrons. The van der Waals surface area contributed by atoms with Gasteiger partial charge in [-0.25, -0.2) is 9.69 Å². The number of rotatable bonds is 4. The number of aromatic amines is 2. The Kier molecular flexibility index (Phi) is 3.78. The highest BCUT2D eigenvalue weighted by molar-refractivity contribution is 6.35. The smallest absolute Gasteiger partial charge is 0.337 e. The van der Waals surface area contributed by atoms with Crippen molar-refractivity contribution in [1.29, 1.82) is 0 Å². The quantitative estimate of drug-likeness (QED) is 0.446. The van der Waals surface area contributed by atoms with Crippen LogP contribution in [0.25, 0.3) is 22.4 Å². The van der Waals surface area contributed by atoms with Gasteiger partial charge in [-0.15, -0.1) is 0 Å². The predicted molar refractivity (Wildman–Crippen MR) is 104 cm³/mol. The van der Waals surface area contributed by atoms with Gasteiger partial charge in [-0.2, -0.15) is 20.5 Å². The third-order valence-corrected chi connectivity index (χ3v) is 4.90. The normalized spacial score (nSPS) is 13.0. The van der Waals surface area contributed by atoms with Gasteiger partial charge in [-0.05, 0) is 29.8 Å². The summed E-state index contributed by atoms with van der Waals surface area (Å²) >= 11 is 0. The van der Waals surface area contributed by atoms with E-state index < -0.39 is 17.8 Å². The minimum absolute atomic E-state index is 0.00364. The van der Waals surface area contributed by atoms with E-state index in [0.29, 0.717) is 22.4 Å². The molecule has 146 valence electrons. The number of carboxylic acid groups (broad SMARTS) is 1. The van der Waals surface area contributed by atoms with Crippen LogP contribution in [0.3, 0.4) is 0 Å². The first-order valence-electron chi connectivity index (χ1n) is 8.80. The second-order valence-electron chi connectivity index (χ2n) is 6.59. The molecule has 2 aromatic heterocycles. The Morgan fingerprint density at radius 2 is 1.70 bits per heavy atom. The minimum atomic E-state index is -1.25. The first-order chi connectivity index (χ1) is 14.5. The number of nitrogens with one attached hydrogen (secondary N) is 2. The predicted octanol–water partition coefficient (Wildman–Crippen LogP) is 2.36. The number of carbonyl (C=O) groups is 3. The molecule has 0 unspecified atom stereocenters. The molecule has 3 heterocycles. The molecule has 1 aliphatic heterocycles. The van der Waals surface area contributed by atoms with E-state index >= 15 is 0 Å². The topological polar surface area (TPSA) is 145 Å². The van der Waals surface area contributed by atoms with Crippen LogP contribution >= 0.6 is 0 Å². The summed E-state index contributed by atoms with van der Waals surface area (Å²) in [5.41, 5.74) is 2.62. The fraction of sp³-hybridized carbons (Fsp3) is 0. The largest absolute Gasteiger partial charge is 0.478 e. The molecule has 3 N–H and O–H groups in total. The molecular weight excluding hydrogens is 388 g/mol. The highest BCUT2D eigenvalue weighted by atomic mass is 16.4. The van der Waals surface area contributed by atoms with Crippen molar-refractivity contribution in [2.45, 2.75) is 0 Å². The average molecular weight is 400 g/mol. The lowest BCUT2D eigenvalue weighted by Gasteiger charge is -2.17. The summed E-state index contributed by atoms with van der Waals surface area (Å²) in [5, 5.41) is 26.4. The number of nitrogens with zero attached hydrogens (tertiary/aromatic N) is 4. The summed E-state index contributed by atoms with van der Waals surface area (Å²) in [7, 11) is 0. The molecule has 0 bridgehead atoms. The van der Waals surface area contributed by atoms with E-state index in [4.69, 9.17) is 0 Å². The Morgan fingerprint density at radius 1 is 0.900 bits per heavy atom.